The zero-order valence-corrected chi connectivity index (χ0v) is 16.6. The minimum Gasteiger partial charge on any atom is -0.497 e. The maximum absolute atomic E-state index is 12.8. The van der Waals surface area contributed by atoms with Gasteiger partial charge in [-0.1, -0.05) is 12.1 Å². The highest BCUT2D eigenvalue weighted by Gasteiger charge is 2.50. The monoisotopic (exact) mass is 420 g/mol. The predicted octanol–water partition coefficient (Wildman–Crippen LogP) is 0.343. The normalized spacial score (nSPS) is 20.6. The highest BCUT2D eigenvalue weighted by Crippen LogP contribution is 2.36. The lowest BCUT2D eigenvalue weighted by Gasteiger charge is -2.43. The number of likely N-dealkylation sites (tertiary alicyclic amines) is 1. The first-order valence-electron chi connectivity index (χ1n) is 9.08. The van der Waals surface area contributed by atoms with Crippen molar-refractivity contribution in [3.8, 4) is 5.75 Å². The number of carboxylic acids is 1. The van der Waals surface area contributed by atoms with E-state index in [1.807, 2.05) is 0 Å². The third kappa shape index (κ3) is 4.74. The Kier molecular flexibility index (Phi) is 7.48. The second-order valence-electron chi connectivity index (χ2n) is 6.88. The number of aliphatic hydroxyl groups is 1. The van der Waals surface area contributed by atoms with Crippen molar-refractivity contribution in [2.45, 2.75) is 25.9 Å². The molecule has 1 aliphatic rings. The Morgan fingerprint density at radius 1 is 1.40 bits per heavy atom. The molecule has 2 atom stereocenters. The number of hydrogen-bond donors (Lipinski definition) is 4. The molecule has 162 valence electrons. The third-order valence-electron chi connectivity index (χ3n) is 5.07. The Bertz CT molecular complexity index is 901. The molecule has 1 amide bonds. The summed E-state index contributed by atoms with van der Waals surface area (Å²) in [5.41, 5.74) is -0.201. The van der Waals surface area contributed by atoms with Gasteiger partial charge in [-0.3, -0.25) is 14.4 Å². The molecule has 0 unspecified atom stereocenters. The smallest absolute Gasteiger partial charge is 0.314 e. The largest absolute Gasteiger partial charge is 0.497 e. The van der Waals surface area contributed by atoms with Gasteiger partial charge >= 0.3 is 5.97 Å². The average molecular weight is 420 g/mol. The summed E-state index contributed by atoms with van der Waals surface area (Å²) in [6.45, 7) is 1.53. The number of aliphatic carboxylic acids is 1. The Morgan fingerprint density at radius 3 is 2.67 bits per heavy atom. The molecule has 3 rings (SSSR count). The minimum atomic E-state index is -1.52. The van der Waals surface area contributed by atoms with E-state index in [2.05, 4.69) is 15.4 Å². The van der Waals surface area contributed by atoms with Gasteiger partial charge in [0.1, 0.15) is 11.2 Å². The zero-order chi connectivity index (χ0) is 22.3. The van der Waals surface area contributed by atoms with Crippen LogP contribution in [-0.4, -0.2) is 80.3 Å². The van der Waals surface area contributed by atoms with Crippen LogP contribution in [0, 0.1) is 12.3 Å². The van der Waals surface area contributed by atoms with Gasteiger partial charge in [-0.05, 0) is 37.5 Å². The van der Waals surface area contributed by atoms with Crippen molar-refractivity contribution in [1.82, 2.24) is 20.3 Å². The number of aromatic amines is 1. The predicted molar refractivity (Wildman–Crippen MR) is 103 cm³/mol. The second kappa shape index (κ2) is 9.83. The summed E-state index contributed by atoms with van der Waals surface area (Å²) in [6, 6.07) is 7.04. The molecule has 1 aromatic carbocycles. The van der Waals surface area contributed by atoms with E-state index < -0.39 is 23.4 Å². The van der Waals surface area contributed by atoms with Gasteiger partial charge in [0.15, 0.2) is 5.69 Å². The molecule has 1 saturated heterocycles. The van der Waals surface area contributed by atoms with E-state index in [9.17, 15) is 19.8 Å². The van der Waals surface area contributed by atoms with E-state index in [0.29, 0.717) is 17.0 Å². The SMILES string of the molecule is COc1cccc(C[C@@]2(C(=O)O)CN(C(=O)c3n[nH]nc3C)CC[C@H]2O)c1.O=CO. The summed E-state index contributed by atoms with van der Waals surface area (Å²) < 4.78 is 5.19. The number of H-pyrrole nitrogens is 1. The summed E-state index contributed by atoms with van der Waals surface area (Å²) in [6.07, 6.45) is -0.843. The van der Waals surface area contributed by atoms with Crippen LogP contribution >= 0.6 is 0 Å². The van der Waals surface area contributed by atoms with Crippen molar-refractivity contribution in [2.75, 3.05) is 20.2 Å². The van der Waals surface area contributed by atoms with Crippen molar-refractivity contribution in [2.24, 2.45) is 5.41 Å². The fourth-order valence-electron chi connectivity index (χ4n) is 3.50. The van der Waals surface area contributed by atoms with Crippen LogP contribution in [-0.2, 0) is 16.0 Å². The van der Waals surface area contributed by atoms with Crippen molar-refractivity contribution < 1.29 is 34.4 Å². The molecule has 11 heteroatoms. The average Bonchev–Trinajstić information content (AvgIpc) is 3.15. The van der Waals surface area contributed by atoms with Crippen LogP contribution < -0.4 is 4.74 Å². The first-order valence-corrected chi connectivity index (χ1v) is 9.08. The molecule has 2 heterocycles. The number of aromatic nitrogens is 3. The van der Waals surface area contributed by atoms with Gasteiger partial charge in [-0.15, -0.1) is 0 Å². The maximum atomic E-state index is 12.8. The van der Waals surface area contributed by atoms with E-state index in [0.717, 1.165) is 0 Å². The molecule has 30 heavy (non-hydrogen) atoms. The molecule has 0 aliphatic carbocycles. The van der Waals surface area contributed by atoms with Crippen molar-refractivity contribution >= 4 is 18.3 Å². The molecule has 0 saturated carbocycles. The summed E-state index contributed by atoms with van der Waals surface area (Å²) in [7, 11) is 1.53. The number of carbonyl (C=O) groups excluding carboxylic acids is 1. The van der Waals surface area contributed by atoms with Gasteiger partial charge in [-0.25, -0.2) is 0 Å². The number of rotatable bonds is 5. The van der Waals surface area contributed by atoms with E-state index >= 15 is 0 Å². The molecule has 0 radical (unpaired) electrons. The first kappa shape index (κ1) is 22.8. The Hall–Kier alpha value is -3.47. The van der Waals surface area contributed by atoms with Gasteiger partial charge in [0.2, 0.25) is 0 Å². The first-order chi connectivity index (χ1) is 14.3. The number of piperidine rings is 1. The number of nitrogens with zero attached hydrogens (tertiary/aromatic N) is 3. The van der Waals surface area contributed by atoms with Gasteiger partial charge in [-0.2, -0.15) is 15.4 Å². The van der Waals surface area contributed by atoms with Crippen LogP contribution in [0.15, 0.2) is 24.3 Å². The fraction of sp³-hybridized carbons (Fsp3) is 0.421. The molecule has 1 fully saturated rings. The Balaban J connectivity index is 0.00000101. The molecule has 1 aromatic heterocycles. The molecule has 2 aromatic rings. The molecule has 11 nitrogen and oxygen atoms in total. The number of aryl methyl sites for hydroxylation is 1. The molecule has 0 bridgehead atoms. The van der Waals surface area contributed by atoms with Crippen LogP contribution in [0.3, 0.4) is 0 Å². The number of methoxy groups -OCH3 is 1. The van der Waals surface area contributed by atoms with Crippen LogP contribution in [0.2, 0.25) is 0 Å². The number of aliphatic hydroxyl groups excluding tert-OH is 1. The van der Waals surface area contributed by atoms with Crippen LogP contribution in [0.25, 0.3) is 0 Å². The second-order valence-corrected chi connectivity index (χ2v) is 6.88. The van der Waals surface area contributed by atoms with Gasteiger partial charge < -0.3 is 25.0 Å². The third-order valence-corrected chi connectivity index (χ3v) is 5.07. The lowest BCUT2D eigenvalue weighted by atomic mass is 9.72. The fourth-order valence-corrected chi connectivity index (χ4v) is 3.50. The number of nitrogens with one attached hydrogen (secondary N) is 1. The topological polar surface area (TPSA) is 166 Å². The highest BCUT2D eigenvalue weighted by molar-refractivity contribution is 5.93. The van der Waals surface area contributed by atoms with Gasteiger partial charge in [0.05, 0.1) is 18.9 Å². The standard InChI is InChI=1S/C18H22N4O5.CH2O2/c1-11-15(20-21-19-11)16(24)22-7-6-14(23)18(10-22,17(25)26)9-12-4-3-5-13(8-12)27-2;2-1-3/h3-5,8,14,23H,6-7,9-10H2,1-2H3,(H,25,26)(H,19,20,21);1H,(H,2,3)/t14-,18-;/m1./s1. The Morgan fingerprint density at radius 2 is 2.10 bits per heavy atom. The Labute approximate surface area is 172 Å². The van der Waals surface area contributed by atoms with Crippen molar-refractivity contribution in [3.05, 3.63) is 41.2 Å². The zero-order valence-electron chi connectivity index (χ0n) is 16.6. The number of benzene rings is 1. The van der Waals surface area contributed by atoms with Crippen LogP contribution in [0.5, 0.6) is 5.75 Å². The minimum absolute atomic E-state index is 0.0717. The van der Waals surface area contributed by atoms with Gasteiger partial charge in [0.25, 0.3) is 12.4 Å². The van der Waals surface area contributed by atoms with E-state index in [1.54, 1.807) is 31.2 Å². The van der Waals surface area contributed by atoms with E-state index in [4.69, 9.17) is 14.6 Å². The number of carbonyl (C=O) groups is 3. The molecule has 4 N–H and O–H groups in total. The number of ether oxygens (including phenoxy) is 1. The number of hydrogen-bond acceptors (Lipinski definition) is 7. The quantitative estimate of drug-likeness (QED) is 0.499. The van der Waals surface area contributed by atoms with Crippen molar-refractivity contribution in [3.63, 3.8) is 0 Å². The number of carboxylic acid groups (broad SMARTS) is 2. The van der Waals surface area contributed by atoms with Gasteiger partial charge in [0, 0.05) is 13.1 Å². The number of amides is 1. The maximum Gasteiger partial charge on any atom is 0.314 e. The molecular formula is C19H24N4O7. The summed E-state index contributed by atoms with van der Waals surface area (Å²) in [5, 5.41) is 37.5. The molecule has 0 spiro atoms. The van der Waals surface area contributed by atoms with Crippen molar-refractivity contribution in [1.29, 1.82) is 0 Å². The van der Waals surface area contributed by atoms with Crippen LogP contribution in [0.4, 0.5) is 0 Å². The highest BCUT2D eigenvalue weighted by atomic mass is 16.5. The molecule has 1 aliphatic heterocycles. The summed E-state index contributed by atoms with van der Waals surface area (Å²) in [4.78, 5) is 34.7. The summed E-state index contributed by atoms with van der Waals surface area (Å²) in [5.74, 6) is -0.943. The van der Waals surface area contributed by atoms with Crippen LogP contribution in [0.1, 0.15) is 28.2 Å². The lowest BCUT2D eigenvalue weighted by molar-refractivity contribution is -0.161. The molecular weight excluding hydrogens is 396 g/mol. The van der Waals surface area contributed by atoms with E-state index in [-0.39, 0.29) is 38.1 Å². The lowest BCUT2D eigenvalue weighted by Crippen LogP contribution is -2.58. The summed E-state index contributed by atoms with van der Waals surface area (Å²) >= 11 is 0. The van der Waals surface area contributed by atoms with E-state index in [1.165, 1.54) is 12.0 Å².